The summed E-state index contributed by atoms with van der Waals surface area (Å²) in [7, 11) is 0. The molecule has 0 spiro atoms. The number of carbonyl (C=O) groups excluding carboxylic acids is 2. The summed E-state index contributed by atoms with van der Waals surface area (Å²) < 4.78 is 27.8. The highest BCUT2D eigenvalue weighted by Gasteiger charge is 2.27. The van der Waals surface area contributed by atoms with Crippen molar-refractivity contribution >= 4 is 46.6 Å². The first kappa shape index (κ1) is 23.3. The molecule has 166 valence electrons. The van der Waals surface area contributed by atoms with Crippen molar-refractivity contribution in [3.05, 3.63) is 58.6 Å². The second-order valence-electron chi connectivity index (χ2n) is 7.55. The maximum Gasteiger partial charge on any atom is 0.257 e. The Bertz CT molecular complexity index is 948. The molecule has 1 fully saturated rings. The Kier molecular flexibility index (Phi) is 7.78. The number of nitrogens with one attached hydrogen (secondary N) is 2. The third-order valence-corrected chi connectivity index (χ3v) is 6.24. The van der Waals surface area contributed by atoms with Crippen LogP contribution < -0.4 is 15.5 Å². The Morgan fingerprint density at radius 3 is 2.32 bits per heavy atom. The molecule has 2 aromatic rings. The van der Waals surface area contributed by atoms with Gasteiger partial charge in [-0.15, -0.1) is 0 Å². The second-order valence-corrected chi connectivity index (χ2v) is 9.18. The van der Waals surface area contributed by atoms with Crippen LogP contribution in [0.5, 0.6) is 0 Å². The lowest BCUT2D eigenvalue weighted by Crippen LogP contribution is -2.47. The predicted molar refractivity (Wildman–Crippen MR) is 122 cm³/mol. The smallest absolute Gasteiger partial charge is 0.257 e. The molecule has 1 atom stereocenters. The van der Waals surface area contributed by atoms with Crippen LogP contribution in [0.25, 0.3) is 0 Å². The molecule has 0 unspecified atom stereocenters. The molecule has 0 saturated carbocycles. The largest absolute Gasteiger partial charge is 0.369 e. The maximum atomic E-state index is 13.9. The second kappa shape index (κ2) is 10.3. The first-order valence-electron chi connectivity index (χ1n) is 9.96. The van der Waals surface area contributed by atoms with Crippen LogP contribution in [0, 0.1) is 17.6 Å². The van der Waals surface area contributed by atoms with Crippen LogP contribution >= 0.6 is 23.4 Å². The van der Waals surface area contributed by atoms with Gasteiger partial charge in [0, 0.05) is 30.3 Å². The van der Waals surface area contributed by atoms with Crippen molar-refractivity contribution in [1.82, 2.24) is 5.32 Å². The van der Waals surface area contributed by atoms with Crippen molar-refractivity contribution in [2.24, 2.45) is 5.92 Å². The zero-order valence-corrected chi connectivity index (χ0v) is 18.8. The highest BCUT2D eigenvalue weighted by Crippen LogP contribution is 2.30. The summed E-state index contributed by atoms with van der Waals surface area (Å²) in [4.78, 5) is 27.5. The van der Waals surface area contributed by atoms with E-state index in [1.807, 2.05) is 17.8 Å². The molecule has 1 heterocycles. The fraction of sp³-hybridized carbons (Fsp3) is 0.364. The average Bonchev–Trinajstić information content (AvgIpc) is 2.72. The van der Waals surface area contributed by atoms with Gasteiger partial charge in [0.2, 0.25) is 5.91 Å². The molecule has 3 rings (SSSR count). The van der Waals surface area contributed by atoms with Crippen LogP contribution in [0.1, 0.15) is 24.2 Å². The topological polar surface area (TPSA) is 61.4 Å². The first-order valence-corrected chi connectivity index (χ1v) is 11.5. The molecule has 1 saturated heterocycles. The minimum absolute atomic E-state index is 0.320. The molecule has 9 heteroatoms. The molecule has 2 N–H and O–H groups in total. The number of anilines is 2. The van der Waals surface area contributed by atoms with E-state index in [-0.39, 0.29) is 5.92 Å². The van der Waals surface area contributed by atoms with Crippen LogP contribution in [-0.4, -0.2) is 42.5 Å². The normalized spacial score (nSPS) is 15.0. The van der Waals surface area contributed by atoms with Gasteiger partial charge in [-0.05, 0) is 36.2 Å². The van der Waals surface area contributed by atoms with E-state index in [0.717, 1.165) is 42.4 Å². The van der Waals surface area contributed by atoms with E-state index in [1.165, 1.54) is 6.07 Å². The van der Waals surface area contributed by atoms with Crippen molar-refractivity contribution in [1.29, 1.82) is 0 Å². The van der Waals surface area contributed by atoms with Gasteiger partial charge < -0.3 is 15.5 Å². The zero-order chi connectivity index (χ0) is 22.5. The van der Waals surface area contributed by atoms with E-state index < -0.39 is 35.1 Å². The maximum absolute atomic E-state index is 13.9. The number of amides is 2. The number of rotatable bonds is 6. The Morgan fingerprint density at radius 2 is 1.74 bits per heavy atom. The number of halogens is 3. The van der Waals surface area contributed by atoms with Crippen molar-refractivity contribution < 1.29 is 18.4 Å². The lowest BCUT2D eigenvalue weighted by atomic mass is 10.0. The molecular formula is C22H24ClF2N3O2S. The van der Waals surface area contributed by atoms with Gasteiger partial charge in [-0.3, -0.25) is 9.59 Å². The molecule has 0 aromatic heterocycles. The van der Waals surface area contributed by atoms with Gasteiger partial charge in [0.1, 0.15) is 23.2 Å². The standard InChI is InChI=1S/C22H24ClF2N3O2S/c1-13(2)20(27-21(29)19-16(24)4-3-5-17(19)25)22(30)26-14-6-7-18(15(23)12-14)28-8-10-31-11-9-28/h3-7,12-13,20H,8-11H2,1-2H3,(H,26,30)(H,27,29)/t20-/m0/s1. The molecule has 5 nitrogen and oxygen atoms in total. The monoisotopic (exact) mass is 467 g/mol. The summed E-state index contributed by atoms with van der Waals surface area (Å²) in [6.07, 6.45) is 0. The summed E-state index contributed by atoms with van der Waals surface area (Å²) in [6, 6.07) is 7.42. The summed E-state index contributed by atoms with van der Waals surface area (Å²) in [5.74, 6) is -1.71. The highest BCUT2D eigenvalue weighted by atomic mass is 35.5. The van der Waals surface area contributed by atoms with Gasteiger partial charge in [-0.2, -0.15) is 11.8 Å². The average molecular weight is 468 g/mol. The zero-order valence-electron chi connectivity index (χ0n) is 17.3. The Hall–Kier alpha value is -2.32. The van der Waals surface area contributed by atoms with Gasteiger partial charge in [0.05, 0.1) is 10.7 Å². The Morgan fingerprint density at radius 1 is 1.10 bits per heavy atom. The van der Waals surface area contributed by atoms with Crippen LogP contribution in [0.15, 0.2) is 36.4 Å². The molecule has 1 aliphatic rings. The van der Waals surface area contributed by atoms with E-state index in [4.69, 9.17) is 11.6 Å². The molecule has 2 aromatic carbocycles. The van der Waals surface area contributed by atoms with E-state index in [0.29, 0.717) is 10.7 Å². The minimum Gasteiger partial charge on any atom is -0.369 e. The predicted octanol–water partition coefficient (Wildman–Crippen LogP) is 4.56. The first-order chi connectivity index (χ1) is 14.8. The highest BCUT2D eigenvalue weighted by molar-refractivity contribution is 7.99. The molecule has 31 heavy (non-hydrogen) atoms. The lowest BCUT2D eigenvalue weighted by molar-refractivity contribution is -0.118. The van der Waals surface area contributed by atoms with Gasteiger partial charge in [-0.1, -0.05) is 31.5 Å². The van der Waals surface area contributed by atoms with Crippen molar-refractivity contribution in [2.45, 2.75) is 19.9 Å². The van der Waals surface area contributed by atoms with Gasteiger partial charge in [0.15, 0.2) is 0 Å². The summed E-state index contributed by atoms with van der Waals surface area (Å²) in [6.45, 7) is 5.27. The summed E-state index contributed by atoms with van der Waals surface area (Å²) >= 11 is 8.33. The SMILES string of the molecule is CC(C)[C@H](NC(=O)c1c(F)cccc1F)C(=O)Nc1ccc(N2CCSCC2)c(Cl)c1. The summed E-state index contributed by atoms with van der Waals surface area (Å²) in [5, 5.41) is 5.69. The third-order valence-electron chi connectivity index (χ3n) is 4.99. The number of benzene rings is 2. The fourth-order valence-electron chi connectivity index (χ4n) is 3.33. The van der Waals surface area contributed by atoms with Crippen molar-refractivity contribution in [2.75, 3.05) is 34.8 Å². The van der Waals surface area contributed by atoms with Crippen LogP contribution in [-0.2, 0) is 4.79 Å². The summed E-state index contributed by atoms with van der Waals surface area (Å²) in [5.41, 5.74) is 0.666. The Labute approximate surface area is 189 Å². The van der Waals surface area contributed by atoms with Gasteiger partial charge >= 0.3 is 0 Å². The van der Waals surface area contributed by atoms with Gasteiger partial charge in [0.25, 0.3) is 5.91 Å². The Balaban J connectivity index is 1.72. The quantitative estimate of drug-likeness (QED) is 0.653. The number of carbonyl (C=O) groups is 2. The molecule has 1 aliphatic heterocycles. The third kappa shape index (κ3) is 5.68. The number of hydrogen-bond donors (Lipinski definition) is 2. The lowest BCUT2D eigenvalue weighted by Gasteiger charge is -2.29. The van der Waals surface area contributed by atoms with Crippen LogP contribution in [0.2, 0.25) is 5.02 Å². The number of nitrogens with zero attached hydrogens (tertiary/aromatic N) is 1. The van der Waals surface area contributed by atoms with Gasteiger partial charge in [-0.25, -0.2) is 8.78 Å². The molecular weight excluding hydrogens is 444 g/mol. The van der Waals surface area contributed by atoms with Crippen molar-refractivity contribution in [3.63, 3.8) is 0 Å². The minimum atomic E-state index is -0.996. The van der Waals surface area contributed by atoms with Crippen molar-refractivity contribution in [3.8, 4) is 0 Å². The van der Waals surface area contributed by atoms with E-state index in [2.05, 4.69) is 15.5 Å². The van der Waals surface area contributed by atoms with E-state index >= 15 is 0 Å². The molecule has 2 amide bonds. The number of hydrogen-bond acceptors (Lipinski definition) is 4. The molecule has 0 bridgehead atoms. The van der Waals surface area contributed by atoms with E-state index in [1.54, 1.807) is 26.0 Å². The fourth-order valence-corrected chi connectivity index (χ4v) is 4.53. The van der Waals surface area contributed by atoms with Crippen LogP contribution in [0.4, 0.5) is 20.2 Å². The van der Waals surface area contributed by atoms with Crippen LogP contribution in [0.3, 0.4) is 0 Å². The molecule has 0 aliphatic carbocycles. The van der Waals surface area contributed by atoms with E-state index in [9.17, 15) is 18.4 Å². The molecule has 0 radical (unpaired) electrons. The number of thioether (sulfide) groups is 1.